The molecule has 3 nitrogen and oxygen atoms in total. The number of aryl methyl sites for hydroxylation is 2. The SMILES string of the molecule is Cc1cc(C)c(C)c(CN(C)CNN)c1C. The second-order valence-electron chi connectivity index (χ2n) is 4.62. The highest BCUT2D eigenvalue weighted by Crippen LogP contribution is 2.22. The highest BCUT2D eigenvalue weighted by molar-refractivity contribution is 5.43. The first-order valence-corrected chi connectivity index (χ1v) is 5.65. The van der Waals surface area contributed by atoms with Crippen molar-refractivity contribution in [3.8, 4) is 0 Å². The first kappa shape index (κ1) is 13.2. The summed E-state index contributed by atoms with van der Waals surface area (Å²) in [7, 11) is 2.07. The van der Waals surface area contributed by atoms with Gasteiger partial charge in [-0.2, -0.15) is 0 Å². The maximum Gasteiger partial charge on any atom is 0.0612 e. The molecule has 0 saturated carbocycles. The number of nitrogens with zero attached hydrogens (tertiary/aromatic N) is 1. The predicted octanol–water partition coefficient (Wildman–Crippen LogP) is 1.77. The van der Waals surface area contributed by atoms with E-state index < -0.39 is 0 Å². The molecule has 3 N–H and O–H groups in total. The first-order valence-electron chi connectivity index (χ1n) is 5.65. The lowest BCUT2D eigenvalue weighted by Crippen LogP contribution is -2.35. The molecule has 0 fully saturated rings. The van der Waals surface area contributed by atoms with Crippen LogP contribution in [0.3, 0.4) is 0 Å². The third kappa shape index (κ3) is 2.82. The van der Waals surface area contributed by atoms with Gasteiger partial charge in [0.25, 0.3) is 0 Å². The number of benzene rings is 1. The molecule has 0 aromatic heterocycles. The van der Waals surface area contributed by atoms with Crippen molar-refractivity contribution in [3.63, 3.8) is 0 Å². The van der Waals surface area contributed by atoms with E-state index >= 15 is 0 Å². The van der Waals surface area contributed by atoms with Crippen LogP contribution in [-0.4, -0.2) is 18.6 Å². The summed E-state index contributed by atoms with van der Waals surface area (Å²) in [4.78, 5) is 2.17. The van der Waals surface area contributed by atoms with Crippen LogP contribution >= 0.6 is 0 Å². The van der Waals surface area contributed by atoms with E-state index in [4.69, 9.17) is 5.84 Å². The fraction of sp³-hybridized carbons (Fsp3) is 0.538. The average molecular weight is 221 g/mol. The largest absolute Gasteiger partial charge is 0.288 e. The number of hydrogen-bond donors (Lipinski definition) is 2. The zero-order valence-corrected chi connectivity index (χ0v) is 11.0. The molecule has 0 spiro atoms. The standard InChI is InChI=1S/C13H23N3/c1-9-6-10(2)12(4)13(11(9)3)7-16(5)8-15-14/h6,15H,7-8,14H2,1-5H3. The van der Waals surface area contributed by atoms with Gasteiger partial charge in [-0.3, -0.25) is 10.7 Å². The average Bonchev–Trinajstić information content (AvgIpc) is 2.22. The quantitative estimate of drug-likeness (QED) is 0.462. The molecule has 90 valence electrons. The smallest absolute Gasteiger partial charge is 0.0612 e. The van der Waals surface area contributed by atoms with Gasteiger partial charge in [0.2, 0.25) is 0 Å². The summed E-state index contributed by atoms with van der Waals surface area (Å²) in [5.74, 6) is 5.33. The van der Waals surface area contributed by atoms with Crippen LogP contribution in [0.4, 0.5) is 0 Å². The van der Waals surface area contributed by atoms with Crippen molar-refractivity contribution < 1.29 is 0 Å². The normalized spacial score (nSPS) is 11.2. The van der Waals surface area contributed by atoms with E-state index in [-0.39, 0.29) is 0 Å². The molecule has 1 rings (SSSR count). The van der Waals surface area contributed by atoms with E-state index in [1.54, 1.807) is 0 Å². The van der Waals surface area contributed by atoms with Crippen molar-refractivity contribution in [3.05, 3.63) is 33.9 Å². The van der Waals surface area contributed by atoms with E-state index in [9.17, 15) is 0 Å². The third-order valence-corrected chi connectivity index (χ3v) is 3.31. The Morgan fingerprint density at radius 3 is 2.06 bits per heavy atom. The summed E-state index contributed by atoms with van der Waals surface area (Å²) >= 11 is 0. The lowest BCUT2D eigenvalue weighted by Gasteiger charge is -2.21. The minimum atomic E-state index is 0.700. The van der Waals surface area contributed by atoms with Crippen molar-refractivity contribution in [2.45, 2.75) is 34.2 Å². The molecule has 0 bridgehead atoms. The molecule has 0 aliphatic carbocycles. The lowest BCUT2D eigenvalue weighted by molar-refractivity contribution is 0.300. The van der Waals surface area contributed by atoms with E-state index in [1.807, 2.05) is 0 Å². The van der Waals surface area contributed by atoms with Gasteiger partial charge in [0.1, 0.15) is 0 Å². The van der Waals surface area contributed by atoms with E-state index in [1.165, 1.54) is 27.8 Å². The van der Waals surface area contributed by atoms with Gasteiger partial charge < -0.3 is 0 Å². The van der Waals surface area contributed by atoms with Crippen LogP contribution < -0.4 is 11.3 Å². The maximum absolute atomic E-state index is 5.33. The van der Waals surface area contributed by atoms with Gasteiger partial charge in [0, 0.05) is 6.54 Å². The molecular weight excluding hydrogens is 198 g/mol. The maximum atomic E-state index is 5.33. The summed E-state index contributed by atoms with van der Waals surface area (Å²) in [6.07, 6.45) is 0. The molecule has 0 unspecified atom stereocenters. The fourth-order valence-corrected chi connectivity index (χ4v) is 2.02. The lowest BCUT2D eigenvalue weighted by atomic mass is 9.94. The van der Waals surface area contributed by atoms with Gasteiger partial charge in [0.15, 0.2) is 0 Å². The Bertz CT molecular complexity index is 346. The van der Waals surface area contributed by atoms with Crippen LogP contribution in [0, 0.1) is 27.7 Å². The summed E-state index contributed by atoms with van der Waals surface area (Å²) in [6, 6.07) is 2.26. The van der Waals surface area contributed by atoms with Crippen molar-refractivity contribution in [2.24, 2.45) is 5.84 Å². The molecule has 3 heteroatoms. The highest BCUT2D eigenvalue weighted by atomic mass is 15.3. The van der Waals surface area contributed by atoms with Gasteiger partial charge in [0.05, 0.1) is 6.67 Å². The van der Waals surface area contributed by atoms with Gasteiger partial charge in [-0.25, -0.2) is 5.43 Å². The van der Waals surface area contributed by atoms with Gasteiger partial charge >= 0.3 is 0 Å². The Morgan fingerprint density at radius 1 is 1.12 bits per heavy atom. The first-order chi connectivity index (χ1) is 7.47. The molecule has 0 aliphatic rings. The highest BCUT2D eigenvalue weighted by Gasteiger charge is 2.10. The van der Waals surface area contributed by atoms with Gasteiger partial charge in [-0.05, 0) is 62.6 Å². The Kier molecular flexibility index (Phi) is 4.47. The summed E-state index contributed by atoms with van der Waals surface area (Å²) in [5, 5.41) is 0. The molecule has 16 heavy (non-hydrogen) atoms. The number of rotatable bonds is 4. The molecule has 0 amide bonds. The molecule has 0 radical (unpaired) electrons. The molecule has 0 aliphatic heterocycles. The van der Waals surface area contributed by atoms with E-state index in [0.29, 0.717) is 6.67 Å². The minimum absolute atomic E-state index is 0.700. The summed E-state index contributed by atoms with van der Waals surface area (Å²) in [5.41, 5.74) is 9.63. The zero-order chi connectivity index (χ0) is 12.3. The Hall–Kier alpha value is -0.900. The minimum Gasteiger partial charge on any atom is -0.288 e. The zero-order valence-electron chi connectivity index (χ0n) is 11.0. The van der Waals surface area contributed by atoms with Crippen LogP contribution in [0.5, 0.6) is 0 Å². The van der Waals surface area contributed by atoms with Crippen LogP contribution in [0.25, 0.3) is 0 Å². The summed E-state index contributed by atoms with van der Waals surface area (Å²) in [6.45, 7) is 10.4. The van der Waals surface area contributed by atoms with Crippen LogP contribution in [0.15, 0.2) is 6.07 Å². The second-order valence-corrected chi connectivity index (χ2v) is 4.62. The second kappa shape index (κ2) is 5.43. The van der Waals surface area contributed by atoms with Crippen molar-refractivity contribution in [2.75, 3.05) is 13.7 Å². The van der Waals surface area contributed by atoms with Crippen molar-refractivity contribution in [1.82, 2.24) is 10.3 Å². The molecule has 0 saturated heterocycles. The van der Waals surface area contributed by atoms with Crippen LogP contribution in [-0.2, 0) is 6.54 Å². The fourth-order valence-electron chi connectivity index (χ4n) is 2.02. The Balaban J connectivity index is 3.03. The molecular formula is C13H23N3. The number of nitrogens with one attached hydrogen (secondary N) is 1. The molecule has 1 aromatic rings. The molecule has 0 atom stereocenters. The van der Waals surface area contributed by atoms with Crippen LogP contribution in [0.1, 0.15) is 27.8 Å². The number of hydrazine groups is 1. The monoisotopic (exact) mass is 221 g/mol. The van der Waals surface area contributed by atoms with Crippen LogP contribution in [0.2, 0.25) is 0 Å². The van der Waals surface area contributed by atoms with Crippen molar-refractivity contribution in [1.29, 1.82) is 0 Å². The van der Waals surface area contributed by atoms with E-state index in [2.05, 4.69) is 51.1 Å². The third-order valence-electron chi connectivity index (χ3n) is 3.31. The van der Waals surface area contributed by atoms with E-state index in [0.717, 1.165) is 6.54 Å². The predicted molar refractivity (Wildman–Crippen MR) is 69.0 cm³/mol. The number of nitrogens with two attached hydrogens (primary N) is 1. The van der Waals surface area contributed by atoms with Gasteiger partial charge in [-0.15, -0.1) is 0 Å². The van der Waals surface area contributed by atoms with Crippen molar-refractivity contribution >= 4 is 0 Å². The summed E-state index contributed by atoms with van der Waals surface area (Å²) < 4.78 is 0. The molecule has 1 aromatic carbocycles. The topological polar surface area (TPSA) is 41.3 Å². The number of hydrogen-bond acceptors (Lipinski definition) is 3. The Labute approximate surface area is 98.6 Å². The Morgan fingerprint density at radius 2 is 1.62 bits per heavy atom. The van der Waals surface area contributed by atoms with Gasteiger partial charge in [-0.1, -0.05) is 6.07 Å². The molecule has 0 heterocycles.